The van der Waals surface area contributed by atoms with Crippen molar-refractivity contribution in [3.8, 4) is 0 Å². The Balaban J connectivity index is 2.15. The van der Waals surface area contributed by atoms with Gasteiger partial charge in [-0.15, -0.1) is 11.3 Å². The Labute approximate surface area is 114 Å². The predicted molar refractivity (Wildman–Crippen MR) is 73.0 cm³/mol. The Morgan fingerprint density at radius 1 is 1.25 bits per heavy atom. The molecule has 1 heterocycles. The van der Waals surface area contributed by atoms with Gasteiger partial charge in [0.2, 0.25) is 0 Å². The van der Waals surface area contributed by atoms with Gasteiger partial charge in [-0.25, -0.2) is 0 Å². The van der Waals surface area contributed by atoms with Crippen molar-refractivity contribution in [1.29, 1.82) is 0 Å². The lowest BCUT2D eigenvalue weighted by Gasteiger charge is -2.01. The molecule has 1 radical (unpaired) electrons. The first kappa shape index (κ1) is 11.8. The van der Waals surface area contributed by atoms with E-state index < -0.39 is 0 Å². The Morgan fingerprint density at radius 2 is 1.94 bits per heavy atom. The molecule has 1 amide bonds. The molecule has 2 rings (SSSR count). The van der Waals surface area contributed by atoms with Crippen LogP contribution in [0.3, 0.4) is 0 Å². The summed E-state index contributed by atoms with van der Waals surface area (Å²) in [5.41, 5.74) is 0.779. The summed E-state index contributed by atoms with van der Waals surface area (Å²) in [5, 5.41) is 2.80. The molecule has 0 aliphatic carbocycles. The highest BCUT2D eigenvalue weighted by Crippen LogP contribution is 2.32. The fourth-order valence-electron chi connectivity index (χ4n) is 1.12. The molecule has 81 valence electrons. The summed E-state index contributed by atoms with van der Waals surface area (Å²) in [6.07, 6.45) is 0. The van der Waals surface area contributed by atoms with E-state index in [1.54, 1.807) is 0 Å². The van der Waals surface area contributed by atoms with Crippen LogP contribution in [-0.2, 0) is 0 Å². The summed E-state index contributed by atoms with van der Waals surface area (Å²) in [5.74, 6) is -0.150. The molecule has 5 heteroatoms. The number of nitrogens with one attached hydrogen (secondary N) is 1. The van der Waals surface area contributed by atoms with Crippen molar-refractivity contribution >= 4 is 54.8 Å². The fraction of sp³-hybridized carbons (Fsp3) is 0. The average Bonchev–Trinajstić information content (AvgIpc) is 2.61. The van der Waals surface area contributed by atoms with Gasteiger partial charge in [-0.2, -0.15) is 0 Å². The smallest absolute Gasteiger partial charge is 0.266 e. The van der Waals surface area contributed by atoms with Crippen molar-refractivity contribution in [2.24, 2.45) is 0 Å². The summed E-state index contributed by atoms with van der Waals surface area (Å²) < 4.78 is 1.64. The number of thiophene rings is 1. The highest BCUT2D eigenvalue weighted by molar-refractivity contribution is 9.13. The molecule has 0 spiro atoms. The second kappa shape index (κ2) is 5.12. The van der Waals surface area contributed by atoms with E-state index in [-0.39, 0.29) is 5.91 Å². The predicted octanol–water partition coefficient (Wildman–Crippen LogP) is 4.33. The number of hydrogen-bond donors (Lipinski definition) is 1. The van der Waals surface area contributed by atoms with Crippen molar-refractivity contribution in [3.05, 3.63) is 49.5 Å². The van der Waals surface area contributed by atoms with Crippen LogP contribution < -0.4 is 5.32 Å². The van der Waals surface area contributed by atoms with Gasteiger partial charge in [-0.1, -0.05) is 18.2 Å². The van der Waals surface area contributed by atoms with Crippen molar-refractivity contribution < 1.29 is 4.79 Å². The number of hydrogen-bond acceptors (Lipinski definition) is 2. The maximum Gasteiger partial charge on any atom is 0.266 e. The maximum atomic E-state index is 11.8. The van der Waals surface area contributed by atoms with Gasteiger partial charge in [-0.3, -0.25) is 4.79 Å². The number of carbonyl (C=O) groups excluding carboxylic acids is 1. The first-order chi connectivity index (χ1) is 7.66. The van der Waals surface area contributed by atoms with Gasteiger partial charge in [0.05, 0.1) is 8.26 Å². The normalized spacial score (nSPS) is 10.1. The van der Waals surface area contributed by atoms with E-state index in [0.717, 1.165) is 13.9 Å². The number of anilines is 1. The monoisotopic (exact) mass is 358 g/mol. The van der Waals surface area contributed by atoms with E-state index in [1.165, 1.54) is 11.3 Å². The number of para-hydroxylation sites is 1. The highest BCUT2D eigenvalue weighted by atomic mass is 79.9. The summed E-state index contributed by atoms with van der Waals surface area (Å²) in [4.78, 5) is 12.4. The van der Waals surface area contributed by atoms with Crippen LogP contribution in [0.5, 0.6) is 0 Å². The molecule has 2 nitrogen and oxygen atoms in total. The SMILES string of the molecule is O=C(Nc1ccccc1)c1[c]c(Br)c(Br)s1. The molecular formula is C11H6Br2NOS. The van der Waals surface area contributed by atoms with Gasteiger partial charge < -0.3 is 5.32 Å². The molecular weight excluding hydrogens is 354 g/mol. The first-order valence-electron chi connectivity index (χ1n) is 4.40. The minimum absolute atomic E-state index is 0.150. The third kappa shape index (κ3) is 2.72. The minimum Gasteiger partial charge on any atom is -0.321 e. The average molecular weight is 360 g/mol. The van der Waals surface area contributed by atoms with Gasteiger partial charge in [0.15, 0.2) is 0 Å². The fourth-order valence-corrected chi connectivity index (χ4v) is 2.89. The standard InChI is InChI=1S/C11H6Br2NOS/c12-8-6-9(16-10(8)13)11(15)14-7-4-2-1-3-5-7/h1-5H,(H,14,15). The van der Waals surface area contributed by atoms with Crippen molar-refractivity contribution in [3.63, 3.8) is 0 Å². The highest BCUT2D eigenvalue weighted by Gasteiger charge is 2.12. The van der Waals surface area contributed by atoms with Crippen LogP contribution in [0.15, 0.2) is 38.6 Å². The largest absolute Gasteiger partial charge is 0.321 e. The molecule has 0 aliphatic heterocycles. The van der Waals surface area contributed by atoms with Crippen molar-refractivity contribution in [2.45, 2.75) is 0 Å². The summed E-state index contributed by atoms with van der Waals surface area (Å²) >= 11 is 7.97. The minimum atomic E-state index is -0.150. The van der Waals surface area contributed by atoms with E-state index >= 15 is 0 Å². The summed E-state index contributed by atoms with van der Waals surface area (Å²) in [7, 11) is 0. The molecule has 0 unspecified atom stereocenters. The lowest BCUT2D eigenvalue weighted by atomic mass is 10.3. The molecule has 0 fully saturated rings. The molecule has 0 atom stereocenters. The molecule has 0 aliphatic rings. The van der Waals surface area contributed by atoms with Crippen LogP contribution >= 0.6 is 43.2 Å². The van der Waals surface area contributed by atoms with E-state index in [9.17, 15) is 4.79 Å². The van der Waals surface area contributed by atoms with E-state index in [4.69, 9.17) is 0 Å². The van der Waals surface area contributed by atoms with Gasteiger partial charge in [0, 0.05) is 11.8 Å². The van der Waals surface area contributed by atoms with Crippen LogP contribution in [0.1, 0.15) is 9.67 Å². The third-order valence-electron chi connectivity index (χ3n) is 1.83. The lowest BCUT2D eigenvalue weighted by Crippen LogP contribution is -2.09. The van der Waals surface area contributed by atoms with Gasteiger partial charge in [-0.05, 0) is 44.0 Å². The second-order valence-corrected chi connectivity index (χ2v) is 6.10. The number of benzene rings is 1. The molecule has 1 aromatic heterocycles. The van der Waals surface area contributed by atoms with Crippen molar-refractivity contribution in [1.82, 2.24) is 0 Å². The second-order valence-electron chi connectivity index (χ2n) is 2.96. The summed E-state index contributed by atoms with van der Waals surface area (Å²) in [6.45, 7) is 0. The van der Waals surface area contributed by atoms with Gasteiger partial charge in [0.1, 0.15) is 4.88 Å². The molecule has 1 aromatic carbocycles. The van der Waals surface area contributed by atoms with Crippen LogP contribution in [0.4, 0.5) is 5.69 Å². The quantitative estimate of drug-likeness (QED) is 0.849. The zero-order valence-corrected chi connectivity index (χ0v) is 11.9. The number of amides is 1. The Bertz CT molecular complexity index is 490. The molecule has 0 bridgehead atoms. The molecule has 2 aromatic rings. The lowest BCUT2D eigenvalue weighted by molar-refractivity contribution is 0.103. The Hall–Kier alpha value is -0.650. The zero-order chi connectivity index (χ0) is 11.5. The molecule has 0 saturated heterocycles. The first-order valence-corrected chi connectivity index (χ1v) is 6.80. The molecule has 0 saturated carbocycles. The Kier molecular flexibility index (Phi) is 3.78. The van der Waals surface area contributed by atoms with E-state index in [0.29, 0.717) is 4.88 Å². The summed E-state index contributed by atoms with van der Waals surface area (Å²) in [6, 6.07) is 12.3. The van der Waals surface area contributed by atoms with Crippen LogP contribution in [0, 0.1) is 6.07 Å². The van der Waals surface area contributed by atoms with Gasteiger partial charge >= 0.3 is 0 Å². The molecule has 16 heavy (non-hydrogen) atoms. The maximum absolute atomic E-state index is 11.8. The topological polar surface area (TPSA) is 29.1 Å². The zero-order valence-electron chi connectivity index (χ0n) is 7.96. The van der Waals surface area contributed by atoms with Crippen LogP contribution in [-0.4, -0.2) is 5.91 Å². The third-order valence-corrected chi connectivity index (χ3v) is 4.97. The van der Waals surface area contributed by atoms with Crippen LogP contribution in [0.2, 0.25) is 0 Å². The Morgan fingerprint density at radius 3 is 2.50 bits per heavy atom. The van der Waals surface area contributed by atoms with E-state index in [2.05, 4.69) is 43.2 Å². The number of rotatable bonds is 2. The number of halogens is 2. The number of carbonyl (C=O) groups is 1. The molecule has 1 N–H and O–H groups in total. The van der Waals surface area contributed by atoms with E-state index in [1.807, 2.05) is 30.3 Å². The van der Waals surface area contributed by atoms with Gasteiger partial charge in [0.25, 0.3) is 5.91 Å². The van der Waals surface area contributed by atoms with Crippen molar-refractivity contribution in [2.75, 3.05) is 5.32 Å². The van der Waals surface area contributed by atoms with Crippen LogP contribution in [0.25, 0.3) is 0 Å².